The lowest BCUT2D eigenvalue weighted by Gasteiger charge is -2.15. The third-order valence-electron chi connectivity index (χ3n) is 2.70. The largest absolute Gasteiger partial charge is 0.491 e. The second-order valence-corrected chi connectivity index (χ2v) is 4.90. The molecule has 0 atom stereocenters. The van der Waals surface area contributed by atoms with Crippen molar-refractivity contribution < 1.29 is 18.6 Å². The maximum atomic E-state index is 14.3. The van der Waals surface area contributed by atoms with E-state index >= 15 is 0 Å². The van der Waals surface area contributed by atoms with Gasteiger partial charge in [0.25, 0.3) is 0 Å². The van der Waals surface area contributed by atoms with Crippen LogP contribution in [-0.2, 0) is 9.47 Å². The second-order valence-electron chi connectivity index (χ2n) is 4.05. The predicted octanol–water partition coefficient (Wildman–Crippen LogP) is 3.81. The fraction of sp³-hybridized carbons (Fsp3) is 0.538. The molecule has 0 amide bonds. The van der Waals surface area contributed by atoms with Crippen molar-refractivity contribution in [3.05, 3.63) is 28.0 Å². The Morgan fingerprint density at radius 3 is 2.78 bits per heavy atom. The van der Waals surface area contributed by atoms with E-state index in [0.717, 1.165) is 12.8 Å². The summed E-state index contributed by atoms with van der Waals surface area (Å²) >= 11 is 3.32. The standard InChI is InChI=1S/C13H16BrFO3/c1-2-3-6-16-10-5-4-9(14)11(12(10)15)13-17-7-8-18-13/h4-5,13H,2-3,6-8H2,1H3. The molecule has 1 aliphatic heterocycles. The van der Waals surface area contributed by atoms with Crippen molar-refractivity contribution in [3.63, 3.8) is 0 Å². The molecule has 1 aromatic carbocycles. The molecule has 0 radical (unpaired) electrons. The van der Waals surface area contributed by atoms with Crippen LogP contribution < -0.4 is 4.74 Å². The summed E-state index contributed by atoms with van der Waals surface area (Å²) in [5.41, 5.74) is 0.376. The van der Waals surface area contributed by atoms with Crippen LogP contribution in [0, 0.1) is 5.82 Å². The molecular weight excluding hydrogens is 303 g/mol. The smallest absolute Gasteiger partial charge is 0.188 e. The highest BCUT2D eigenvalue weighted by Crippen LogP contribution is 2.36. The van der Waals surface area contributed by atoms with Crippen molar-refractivity contribution in [3.8, 4) is 5.75 Å². The summed E-state index contributed by atoms with van der Waals surface area (Å²) in [6.45, 7) is 3.54. The normalized spacial score (nSPS) is 16.2. The van der Waals surface area contributed by atoms with Crippen LogP contribution in [0.15, 0.2) is 16.6 Å². The number of halogens is 2. The van der Waals surface area contributed by atoms with E-state index in [1.165, 1.54) is 0 Å². The van der Waals surface area contributed by atoms with E-state index in [-0.39, 0.29) is 5.75 Å². The van der Waals surface area contributed by atoms with Gasteiger partial charge in [-0.1, -0.05) is 29.3 Å². The first-order valence-corrected chi connectivity index (χ1v) is 6.87. The Bertz CT molecular complexity index is 405. The van der Waals surface area contributed by atoms with Crippen LogP contribution in [-0.4, -0.2) is 19.8 Å². The van der Waals surface area contributed by atoms with Gasteiger partial charge < -0.3 is 14.2 Å². The first-order valence-electron chi connectivity index (χ1n) is 6.08. The number of unbranched alkanes of at least 4 members (excludes halogenated alkanes) is 1. The van der Waals surface area contributed by atoms with Gasteiger partial charge in [-0.3, -0.25) is 0 Å². The van der Waals surface area contributed by atoms with Crippen molar-refractivity contribution in [1.82, 2.24) is 0 Å². The van der Waals surface area contributed by atoms with Crippen LogP contribution in [0.1, 0.15) is 31.6 Å². The molecule has 100 valence electrons. The summed E-state index contributed by atoms with van der Waals surface area (Å²) in [5.74, 6) is -0.159. The zero-order valence-corrected chi connectivity index (χ0v) is 11.8. The van der Waals surface area contributed by atoms with Gasteiger partial charge in [-0.25, -0.2) is 4.39 Å². The summed E-state index contributed by atoms with van der Waals surface area (Å²) in [6.07, 6.45) is 1.27. The SMILES string of the molecule is CCCCOc1ccc(Br)c(C2OCCO2)c1F. The molecule has 0 bridgehead atoms. The van der Waals surface area contributed by atoms with E-state index in [4.69, 9.17) is 14.2 Å². The maximum Gasteiger partial charge on any atom is 0.188 e. The first-order chi connectivity index (χ1) is 8.74. The highest BCUT2D eigenvalue weighted by Gasteiger charge is 2.26. The highest BCUT2D eigenvalue weighted by atomic mass is 79.9. The van der Waals surface area contributed by atoms with E-state index in [1.807, 2.05) is 0 Å². The van der Waals surface area contributed by atoms with Crippen molar-refractivity contribution in [2.45, 2.75) is 26.1 Å². The van der Waals surface area contributed by atoms with Crippen molar-refractivity contribution in [1.29, 1.82) is 0 Å². The Morgan fingerprint density at radius 1 is 1.39 bits per heavy atom. The molecule has 0 N–H and O–H groups in total. The van der Waals surface area contributed by atoms with Crippen LogP contribution in [0.3, 0.4) is 0 Å². The van der Waals surface area contributed by atoms with Crippen molar-refractivity contribution in [2.75, 3.05) is 19.8 Å². The van der Waals surface area contributed by atoms with Crippen molar-refractivity contribution in [2.24, 2.45) is 0 Å². The average molecular weight is 319 g/mol. The topological polar surface area (TPSA) is 27.7 Å². The molecule has 5 heteroatoms. The third-order valence-corrected chi connectivity index (χ3v) is 3.40. The first kappa shape index (κ1) is 13.8. The summed E-state index contributed by atoms with van der Waals surface area (Å²) in [4.78, 5) is 0. The van der Waals surface area contributed by atoms with Gasteiger partial charge in [-0.15, -0.1) is 0 Å². The van der Waals surface area contributed by atoms with Gasteiger partial charge in [0, 0.05) is 4.47 Å². The Morgan fingerprint density at radius 2 is 2.11 bits per heavy atom. The summed E-state index contributed by atoms with van der Waals surface area (Å²) in [5, 5.41) is 0. The molecule has 0 aromatic heterocycles. The van der Waals surface area contributed by atoms with E-state index in [1.54, 1.807) is 12.1 Å². The van der Waals surface area contributed by atoms with Gasteiger partial charge in [0.2, 0.25) is 0 Å². The number of hydrogen-bond donors (Lipinski definition) is 0. The van der Waals surface area contributed by atoms with Crippen LogP contribution in [0.4, 0.5) is 4.39 Å². The molecule has 3 nitrogen and oxygen atoms in total. The monoisotopic (exact) mass is 318 g/mol. The number of hydrogen-bond acceptors (Lipinski definition) is 3. The Labute approximate surface area is 114 Å². The average Bonchev–Trinajstić information content (AvgIpc) is 2.86. The Balaban J connectivity index is 2.19. The molecule has 18 heavy (non-hydrogen) atoms. The Hall–Kier alpha value is -0.650. The van der Waals surface area contributed by atoms with Gasteiger partial charge in [0.05, 0.1) is 25.4 Å². The number of ether oxygens (including phenoxy) is 3. The molecule has 2 rings (SSSR count). The van der Waals surface area contributed by atoms with Crippen molar-refractivity contribution >= 4 is 15.9 Å². The molecule has 1 fully saturated rings. The minimum absolute atomic E-state index is 0.251. The molecule has 1 saturated heterocycles. The van der Waals surface area contributed by atoms with E-state index in [2.05, 4.69) is 22.9 Å². The fourth-order valence-electron chi connectivity index (χ4n) is 1.73. The zero-order valence-electron chi connectivity index (χ0n) is 10.2. The van der Waals surface area contributed by atoms with E-state index in [9.17, 15) is 4.39 Å². The van der Waals surface area contributed by atoms with Gasteiger partial charge in [-0.05, 0) is 18.6 Å². The molecule has 1 aliphatic rings. The van der Waals surface area contributed by atoms with Gasteiger partial charge in [-0.2, -0.15) is 0 Å². The van der Waals surface area contributed by atoms with E-state index in [0.29, 0.717) is 29.9 Å². The molecule has 1 aromatic rings. The molecule has 1 heterocycles. The van der Waals surface area contributed by atoms with Crippen LogP contribution in [0.25, 0.3) is 0 Å². The minimum atomic E-state index is -0.644. The quantitative estimate of drug-likeness (QED) is 0.773. The zero-order chi connectivity index (χ0) is 13.0. The number of benzene rings is 1. The van der Waals surface area contributed by atoms with Gasteiger partial charge in [0.15, 0.2) is 17.9 Å². The third kappa shape index (κ3) is 3.02. The van der Waals surface area contributed by atoms with Gasteiger partial charge >= 0.3 is 0 Å². The second kappa shape index (κ2) is 6.50. The lowest BCUT2D eigenvalue weighted by Crippen LogP contribution is -2.06. The summed E-state index contributed by atoms with van der Waals surface area (Å²) < 4.78 is 31.0. The van der Waals surface area contributed by atoms with E-state index < -0.39 is 12.1 Å². The maximum absolute atomic E-state index is 14.3. The highest BCUT2D eigenvalue weighted by molar-refractivity contribution is 9.10. The Kier molecular flexibility index (Phi) is 4.97. The lowest BCUT2D eigenvalue weighted by atomic mass is 10.2. The van der Waals surface area contributed by atoms with Crippen LogP contribution in [0.2, 0.25) is 0 Å². The predicted molar refractivity (Wildman–Crippen MR) is 69.1 cm³/mol. The molecule has 0 saturated carbocycles. The molecular formula is C13H16BrFO3. The van der Waals surface area contributed by atoms with Gasteiger partial charge in [0.1, 0.15) is 0 Å². The molecule has 0 aliphatic carbocycles. The molecule has 0 unspecified atom stereocenters. The van der Waals surface area contributed by atoms with Crippen LogP contribution >= 0.6 is 15.9 Å². The lowest BCUT2D eigenvalue weighted by molar-refractivity contribution is -0.0473. The summed E-state index contributed by atoms with van der Waals surface area (Å²) in [6, 6.07) is 3.37. The fourth-order valence-corrected chi connectivity index (χ4v) is 2.22. The number of rotatable bonds is 5. The molecule has 0 spiro atoms. The summed E-state index contributed by atoms with van der Waals surface area (Å²) in [7, 11) is 0. The minimum Gasteiger partial charge on any atom is -0.491 e. The van der Waals surface area contributed by atoms with Crippen LogP contribution in [0.5, 0.6) is 5.75 Å².